The van der Waals surface area contributed by atoms with Crippen LogP contribution in [-0.2, 0) is 16.1 Å². The summed E-state index contributed by atoms with van der Waals surface area (Å²) in [7, 11) is 0. The molecule has 0 radical (unpaired) electrons. The number of nitrogens with one attached hydrogen (secondary N) is 1. The van der Waals surface area contributed by atoms with Crippen LogP contribution in [0.15, 0.2) is 72.9 Å². The number of amides is 2. The highest BCUT2D eigenvalue weighted by molar-refractivity contribution is 6.04. The zero-order valence-electron chi connectivity index (χ0n) is 17.1. The Morgan fingerprint density at radius 2 is 1.91 bits per heavy atom. The molecule has 2 heterocycles. The summed E-state index contributed by atoms with van der Waals surface area (Å²) in [6, 6.07) is 16.8. The van der Waals surface area contributed by atoms with Crippen LogP contribution in [0.2, 0.25) is 0 Å². The number of aliphatic hydroxyl groups excluding tert-OH is 1. The van der Waals surface area contributed by atoms with Crippen molar-refractivity contribution in [3.8, 4) is 0 Å². The molecule has 0 aliphatic carbocycles. The Morgan fingerprint density at radius 3 is 2.59 bits per heavy atom. The van der Waals surface area contributed by atoms with Crippen molar-refractivity contribution in [3.63, 3.8) is 0 Å². The van der Waals surface area contributed by atoms with Gasteiger partial charge in [0.25, 0.3) is 5.91 Å². The molecule has 32 heavy (non-hydrogen) atoms. The van der Waals surface area contributed by atoms with Crippen LogP contribution >= 0.6 is 0 Å². The molecule has 2 unspecified atom stereocenters. The summed E-state index contributed by atoms with van der Waals surface area (Å²) in [5.41, 5.74) is 2.16. The summed E-state index contributed by atoms with van der Waals surface area (Å²) < 4.78 is 18.4. The minimum absolute atomic E-state index is 0.0373. The lowest BCUT2D eigenvalue weighted by Crippen LogP contribution is -2.51. The van der Waals surface area contributed by atoms with Crippen molar-refractivity contribution in [2.24, 2.45) is 0 Å². The Kier molecular flexibility index (Phi) is 6.53. The fraction of sp³-hybridized carbons (Fsp3) is 0.208. The van der Waals surface area contributed by atoms with E-state index < -0.39 is 18.0 Å². The topological polar surface area (TPSA) is 91.8 Å². The summed E-state index contributed by atoms with van der Waals surface area (Å²) in [6.45, 7) is 0.434. The van der Waals surface area contributed by atoms with Gasteiger partial charge >= 0.3 is 0 Å². The number of ether oxygens (including phenoxy) is 1. The largest absolute Gasteiger partial charge is 0.386 e. The number of carbonyl (C=O) groups excluding carboxylic acids is 2. The number of anilines is 1. The second-order valence-electron chi connectivity index (χ2n) is 7.45. The van der Waals surface area contributed by atoms with Crippen molar-refractivity contribution in [2.75, 3.05) is 18.5 Å². The summed E-state index contributed by atoms with van der Waals surface area (Å²) in [5, 5.41) is 13.7. The Balaban J connectivity index is 1.45. The molecule has 2 atom stereocenters. The van der Waals surface area contributed by atoms with Crippen molar-refractivity contribution >= 4 is 17.5 Å². The minimum atomic E-state index is -0.982. The zero-order valence-corrected chi connectivity index (χ0v) is 17.1. The first kappa shape index (κ1) is 21.6. The molecule has 2 N–H and O–H groups in total. The number of aliphatic hydroxyl groups is 1. The van der Waals surface area contributed by atoms with E-state index >= 15 is 0 Å². The highest BCUT2D eigenvalue weighted by Gasteiger charge is 2.34. The van der Waals surface area contributed by atoms with E-state index in [4.69, 9.17) is 4.74 Å². The van der Waals surface area contributed by atoms with Crippen molar-refractivity contribution in [1.29, 1.82) is 0 Å². The minimum Gasteiger partial charge on any atom is -0.386 e. The molecule has 8 heteroatoms. The van der Waals surface area contributed by atoms with E-state index in [0.29, 0.717) is 16.8 Å². The lowest BCUT2D eigenvalue weighted by Gasteiger charge is -2.38. The molecule has 2 aromatic carbocycles. The third-order valence-electron chi connectivity index (χ3n) is 5.27. The van der Waals surface area contributed by atoms with Crippen LogP contribution in [0.5, 0.6) is 0 Å². The van der Waals surface area contributed by atoms with Gasteiger partial charge in [0.2, 0.25) is 5.91 Å². The van der Waals surface area contributed by atoms with E-state index in [9.17, 15) is 19.1 Å². The van der Waals surface area contributed by atoms with E-state index in [2.05, 4.69) is 10.3 Å². The van der Waals surface area contributed by atoms with Gasteiger partial charge in [0, 0.05) is 17.4 Å². The number of hydrogen-bond acceptors (Lipinski definition) is 5. The average molecular weight is 435 g/mol. The van der Waals surface area contributed by atoms with Gasteiger partial charge in [-0.2, -0.15) is 0 Å². The summed E-state index contributed by atoms with van der Waals surface area (Å²) in [4.78, 5) is 30.6. The molecular weight excluding hydrogens is 413 g/mol. The molecule has 1 fully saturated rings. The second kappa shape index (κ2) is 9.67. The summed E-state index contributed by atoms with van der Waals surface area (Å²) in [5.74, 6) is -0.998. The van der Waals surface area contributed by atoms with Crippen molar-refractivity contribution in [3.05, 3.63) is 95.6 Å². The maximum Gasteiger partial charge on any atom is 0.255 e. The third-order valence-corrected chi connectivity index (χ3v) is 5.27. The van der Waals surface area contributed by atoms with Crippen LogP contribution < -0.4 is 5.32 Å². The number of morpholine rings is 1. The fourth-order valence-corrected chi connectivity index (χ4v) is 3.55. The monoisotopic (exact) mass is 435 g/mol. The van der Waals surface area contributed by atoms with Crippen LogP contribution in [0.25, 0.3) is 0 Å². The van der Waals surface area contributed by atoms with Crippen LogP contribution in [-0.4, -0.2) is 46.1 Å². The SMILES string of the molecule is O=C(Nc1ccc(C(O)C2COCC(=O)N2Cc2ccccn2)cc1)c1ccc(F)cc1. The lowest BCUT2D eigenvalue weighted by molar-refractivity contribution is -0.155. The second-order valence-corrected chi connectivity index (χ2v) is 7.45. The van der Waals surface area contributed by atoms with Gasteiger partial charge < -0.3 is 20.1 Å². The first-order chi connectivity index (χ1) is 15.5. The number of rotatable bonds is 6. The number of aromatic nitrogens is 1. The highest BCUT2D eigenvalue weighted by Crippen LogP contribution is 2.26. The van der Waals surface area contributed by atoms with E-state index in [1.165, 1.54) is 24.3 Å². The smallest absolute Gasteiger partial charge is 0.255 e. The molecule has 1 aliphatic rings. The van der Waals surface area contributed by atoms with Crippen LogP contribution in [0, 0.1) is 5.82 Å². The van der Waals surface area contributed by atoms with Crippen molar-refractivity contribution < 1.29 is 23.8 Å². The standard InChI is InChI=1S/C24H22FN3O4/c25-18-8-4-17(5-9-18)24(31)27-19-10-6-16(7-11-19)23(30)21-14-32-15-22(29)28(21)13-20-3-1-2-12-26-20/h1-12,21,23,30H,13-15H2,(H,27,31). The molecule has 1 aliphatic heterocycles. The first-order valence-electron chi connectivity index (χ1n) is 10.1. The number of hydrogen-bond donors (Lipinski definition) is 2. The predicted molar refractivity (Wildman–Crippen MR) is 115 cm³/mol. The lowest BCUT2D eigenvalue weighted by atomic mass is 9.99. The molecule has 0 spiro atoms. The van der Waals surface area contributed by atoms with Crippen molar-refractivity contribution in [2.45, 2.75) is 18.7 Å². The van der Waals surface area contributed by atoms with E-state index in [1.807, 2.05) is 12.1 Å². The molecule has 1 aromatic heterocycles. The van der Waals surface area contributed by atoms with Gasteiger partial charge in [-0.05, 0) is 54.1 Å². The predicted octanol–water partition coefficient (Wildman–Crippen LogP) is 2.93. The van der Waals surface area contributed by atoms with E-state index in [0.717, 1.165) is 5.69 Å². The Morgan fingerprint density at radius 1 is 1.16 bits per heavy atom. The third kappa shape index (κ3) is 4.99. The number of nitrogens with zero attached hydrogens (tertiary/aromatic N) is 2. The van der Waals surface area contributed by atoms with Gasteiger partial charge in [0.1, 0.15) is 18.5 Å². The maximum atomic E-state index is 13.0. The molecule has 2 amide bonds. The van der Waals surface area contributed by atoms with Crippen LogP contribution in [0.3, 0.4) is 0 Å². The van der Waals surface area contributed by atoms with Crippen LogP contribution in [0.4, 0.5) is 10.1 Å². The average Bonchev–Trinajstić information content (AvgIpc) is 2.81. The normalized spacial score (nSPS) is 17.1. The maximum absolute atomic E-state index is 13.0. The molecule has 3 aromatic rings. The zero-order chi connectivity index (χ0) is 22.5. The van der Waals surface area contributed by atoms with Gasteiger partial charge in [0.05, 0.1) is 24.9 Å². The Bertz CT molecular complexity index is 1070. The fourth-order valence-electron chi connectivity index (χ4n) is 3.55. The molecular formula is C24H22FN3O4. The highest BCUT2D eigenvalue weighted by atomic mass is 19.1. The number of benzene rings is 2. The number of carbonyl (C=O) groups is 2. The number of halogens is 1. The molecule has 4 rings (SSSR count). The molecule has 7 nitrogen and oxygen atoms in total. The summed E-state index contributed by atoms with van der Waals surface area (Å²) in [6.07, 6.45) is 0.676. The van der Waals surface area contributed by atoms with E-state index in [1.54, 1.807) is 41.4 Å². The Hall–Kier alpha value is -3.62. The van der Waals surface area contributed by atoms with Gasteiger partial charge in [-0.15, -0.1) is 0 Å². The molecule has 164 valence electrons. The summed E-state index contributed by atoms with van der Waals surface area (Å²) >= 11 is 0. The molecule has 1 saturated heterocycles. The van der Waals surface area contributed by atoms with Gasteiger partial charge in [-0.1, -0.05) is 18.2 Å². The van der Waals surface area contributed by atoms with Crippen molar-refractivity contribution in [1.82, 2.24) is 9.88 Å². The van der Waals surface area contributed by atoms with Gasteiger partial charge in [-0.25, -0.2) is 4.39 Å². The quantitative estimate of drug-likeness (QED) is 0.621. The van der Waals surface area contributed by atoms with Crippen LogP contribution in [0.1, 0.15) is 27.7 Å². The molecule has 0 saturated carbocycles. The van der Waals surface area contributed by atoms with E-state index in [-0.39, 0.29) is 31.6 Å². The van der Waals surface area contributed by atoms with Gasteiger partial charge in [-0.3, -0.25) is 14.6 Å². The number of pyridine rings is 1. The first-order valence-corrected chi connectivity index (χ1v) is 10.1. The molecule has 0 bridgehead atoms. The van der Waals surface area contributed by atoms with Gasteiger partial charge in [0.15, 0.2) is 0 Å². The Labute approximate surface area is 184 Å².